The molecule has 6 nitrogen and oxygen atoms in total. The Hall–Kier alpha value is -2.85. The molecular weight excluding hydrogens is 312 g/mol. The van der Waals surface area contributed by atoms with Crippen molar-refractivity contribution in [3.8, 4) is 5.69 Å². The molecule has 0 radical (unpaired) electrons. The highest BCUT2D eigenvalue weighted by molar-refractivity contribution is 5.78. The molecule has 6 heteroatoms. The van der Waals surface area contributed by atoms with E-state index < -0.39 is 0 Å². The van der Waals surface area contributed by atoms with Gasteiger partial charge >= 0.3 is 0 Å². The zero-order chi connectivity index (χ0) is 18.0. The molecule has 0 saturated carbocycles. The Morgan fingerprint density at radius 3 is 2.56 bits per heavy atom. The molecule has 2 heterocycles. The summed E-state index contributed by atoms with van der Waals surface area (Å²) in [6.45, 7) is 8.11. The van der Waals surface area contributed by atoms with Crippen LogP contribution in [0.2, 0.25) is 0 Å². The Kier molecular flexibility index (Phi) is 4.72. The fourth-order valence-corrected chi connectivity index (χ4v) is 3.17. The van der Waals surface area contributed by atoms with Gasteiger partial charge in [0.25, 0.3) is 0 Å². The summed E-state index contributed by atoms with van der Waals surface area (Å²) in [6, 6.07) is 10.3. The van der Waals surface area contributed by atoms with Crippen molar-refractivity contribution in [2.75, 3.05) is 0 Å². The third-order valence-corrected chi connectivity index (χ3v) is 4.29. The molecule has 3 rings (SSSR count). The van der Waals surface area contributed by atoms with Crippen LogP contribution < -0.4 is 0 Å². The maximum atomic E-state index is 8.53. The molecule has 0 amide bonds. The van der Waals surface area contributed by atoms with Crippen LogP contribution in [-0.2, 0) is 12.8 Å². The van der Waals surface area contributed by atoms with Gasteiger partial charge in [0.05, 0.1) is 0 Å². The fourth-order valence-electron chi connectivity index (χ4n) is 3.17. The Morgan fingerprint density at radius 1 is 1.20 bits per heavy atom. The minimum Gasteiger partial charge on any atom is -0.281 e. The van der Waals surface area contributed by atoms with E-state index in [1.165, 1.54) is 0 Å². The smallest absolute Gasteiger partial charge is 0.165 e. The number of benzene rings is 1. The number of fused-ring (bicyclic) bond motifs is 1. The van der Waals surface area contributed by atoms with Gasteiger partial charge in [-0.15, -0.1) is 0 Å². The lowest BCUT2D eigenvalue weighted by Gasteiger charge is -2.10. The largest absolute Gasteiger partial charge is 0.281 e. The van der Waals surface area contributed by atoms with Crippen molar-refractivity contribution in [2.24, 2.45) is 5.11 Å². The second kappa shape index (κ2) is 6.95. The molecular formula is C19H22N6. The summed E-state index contributed by atoms with van der Waals surface area (Å²) in [6.07, 6.45) is 1.57. The van der Waals surface area contributed by atoms with Crippen molar-refractivity contribution in [1.29, 1.82) is 0 Å². The minimum atomic E-state index is -0.0527. The molecule has 25 heavy (non-hydrogen) atoms. The molecule has 0 bridgehead atoms. The van der Waals surface area contributed by atoms with E-state index >= 15 is 0 Å². The fraction of sp³-hybridized carbons (Fsp3) is 0.368. The SMILES string of the molecule is CCc1nc2c(C)cc(C)nc2n1-c1ccc(CC(C)N=[N+]=[N-])cc1. The molecule has 1 unspecified atom stereocenters. The number of aromatic nitrogens is 3. The molecule has 128 valence electrons. The van der Waals surface area contributed by atoms with Gasteiger partial charge in [-0.1, -0.05) is 31.1 Å². The van der Waals surface area contributed by atoms with Crippen LogP contribution in [0, 0.1) is 13.8 Å². The molecule has 0 aliphatic rings. The quantitative estimate of drug-likeness (QED) is 0.380. The number of azide groups is 1. The molecule has 2 aromatic heterocycles. The summed E-state index contributed by atoms with van der Waals surface area (Å²) in [5, 5.41) is 3.74. The summed E-state index contributed by atoms with van der Waals surface area (Å²) in [5.74, 6) is 1.01. The van der Waals surface area contributed by atoms with Gasteiger partial charge in [0.1, 0.15) is 11.3 Å². The third-order valence-electron chi connectivity index (χ3n) is 4.29. The average molecular weight is 334 g/mol. The topological polar surface area (TPSA) is 79.5 Å². The molecule has 0 saturated heterocycles. The second-order valence-corrected chi connectivity index (χ2v) is 6.39. The van der Waals surface area contributed by atoms with Crippen LogP contribution in [-0.4, -0.2) is 20.6 Å². The van der Waals surface area contributed by atoms with Crippen LogP contribution in [0.15, 0.2) is 35.4 Å². The minimum absolute atomic E-state index is 0.0527. The second-order valence-electron chi connectivity index (χ2n) is 6.39. The van der Waals surface area contributed by atoms with Gasteiger partial charge in [-0.2, -0.15) is 0 Å². The molecule has 0 aliphatic carbocycles. The van der Waals surface area contributed by atoms with Crippen LogP contribution in [0.5, 0.6) is 0 Å². The number of imidazole rings is 1. The predicted octanol–water partition coefficient (Wildman–Crippen LogP) is 4.84. The van der Waals surface area contributed by atoms with E-state index in [-0.39, 0.29) is 6.04 Å². The first-order valence-electron chi connectivity index (χ1n) is 8.52. The zero-order valence-electron chi connectivity index (χ0n) is 15.1. The van der Waals surface area contributed by atoms with Crippen LogP contribution in [0.3, 0.4) is 0 Å². The highest BCUT2D eigenvalue weighted by Gasteiger charge is 2.15. The summed E-state index contributed by atoms with van der Waals surface area (Å²) >= 11 is 0. The number of hydrogen-bond donors (Lipinski definition) is 0. The van der Waals surface area contributed by atoms with Crippen molar-refractivity contribution in [2.45, 2.75) is 46.6 Å². The predicted molar refractivity (Wildman–Crippen MR) is 100 cm³/mol. The first-order valence-corrected chi connectivity index (χ1v) is 8.52. The van der Waals surface area contributed by atoms with Gasteiger partial charge in [0.2, 0.25) is 0 Å². The summed E-state index contributed by atoms with van der Waals surface area (Å²) in [4.78, 5) is 12.4. The van der Waals surface area contributed by atoms with E-state index in [1.54, 1.807) is 0 Å². The van der Waals surface area contributed by atoms with E-state index in [9.17, 15) is 0 Å². The number of pyridine rings is 1. The van der Waals surface area contributed by atoms with E-state index in [2.05, 4.69) is 58.8 Å². The van der Waals surface area contributed by atoms with Crippen LogP contribution >= 0.6 is 0 Å². The maximum Gasteiger partial charge on any atom is 0.165 e. The lowest BCUT2D eigenvalue weighted by molar-refractivity contribution is 0.731. The van der Waals surface area contributed by atoms with Gasteiger partial charge < -0.3 is 0 Å². The zero-order valence-corrected chi connectivity index (χ0v) is 15.1. The Labute approximate surface area is 147 Å². The van der Waals surface area contributed by atoms with Crippen molar-refractivity contribution < 1.29 is 0 Å². The highest BCUT2D eigenvalue weighted by Crippen LogP contribution is 2.24. The van der Waals surface area contributed by atoms with Crippen LogP contribution in [0.1, 0.15) is 36.5 Å². The van der Waals surface area contributed by atoms with Crippen LogP contribution in [0.4, 0.5) is 0 Å². The molecule has 0 N–H and O–H groups in total. The summed E-state index contributed by atoms with van der Waals surface area (Å²) in [5.41, 5.74) is 14.7. The molecule has 1 atom stereocenters. The first kappa shape index (κ1) is 17.0. The van der Waals surface area contributed by atoms with Crippen molar-refractivity contribution in [3.05, 3.63) is 63.4 Å². The average Bonchev–Trinajstić information content (AvgIpc) is 2.94. The van der Waals surface area contributed by atoms with Crippen molar-refractivity contribution in [3.63, 3.8) is 0 Å². The highest BCUT2D eigenvalue weighted by atomic mass is 15.1. The Balaban J connectivity index is 2.05. The van der Waals surface area contributed by atoms with Gasteiger partial charge in [0, 0.05) is 28.8 Å². The summed E-state index contributed by atoms with van der Waals surface area (Å²) in [7, 11) is 0. The lowest BCUT2D eigenvalue weighted by atomic mass is 10.1. The van der Waals surface area contributed by atoms with Crippen molar-refractivity contribution >= 4 is 11.2 Å². The standard InChI is InChI=1S/C19H22N6/c1-5-17-22-18-12(2)10-13(3)21-19(18)25(17)16-8-6-15(7-9-16)11-14(4)23-24-20/h6-10,14H,5,11H2,1-4H3. The number of hydrogen-bond acceptors (Lipinski definition) is 3. The molecule has 0 spiro atoms. The molecule has 3 aromatic rings. The van der Waals surface area contributed by atoms with Gasteiger partial charge in [-0.25, -0.2) is 9.97 Å². The number of aryl methyl sites for hydroxylation is 3. The van der Waals surface area contributed by atoms with Crippen molar-refractivity contribution in [1.82, 2.24) is 14.5 Å². The third kappa shape index (κ3) is 3.35. The first-order chi connectivity index (χ1) is 12.0. The number of nitrogens with zero attached hydrogens (tertiary/aromatic N) is 6. The van der Waals surface area contributed by atoms with E-state index in [0.29, 0.717) is 0 Å². The van der Waals surface area contributed by atoms with E-state index in [1.807, 2.05) is 13.8 Å². The van der Waals surface area contributed by atoms with Gasteiger partial charge in [-0.05, 0) is 55.1 Å². The maximum absolute atomic E-state index is 8.53. The summed E-state index contributed by atoms with van der Waals surface area (Å²) < 4.78 is 2.13. The van der Waals surface area contributed by atoms with E-state index in [4.69, 9.17) is 15.5 Å². The molecule has 0 fully saturated rings. The van der Waals surface area contributed by atoms with Gasteiger partial charge in [0.15, 0.2) is 5.65 Å². The normalized spacial score (nSPS) is 12.2. The van der Waals surface area contributed by atoms with Gasteiger partial charge in [-0.3, -0.25) is 4.57 Å². The monoisotopic (exact) mass is 334 g/mol. The Bertz CT molecular complexity index is 948. The molecule has 1 aromatic carbocycles. The number of rotatable bonds is 5. The lowest BCUT2D eigenvalue weighted by Crippen LogP contribution is -2.04. The van der Waals surface area contributed by atoms with Crippen LogP contribution in [0.25, 0.3) is 27.3 Å². The van der Waals surface area contributed by atoms with E-state index in [0.717, 1.165) is 52.3 Å². The Morgan fingerprint density at radius 2 is 1.92 bits per heavy atom. The molecule has 0 aliphatic heterocycles.